The molecule has 0 atom stereocenters. The van der Waals surface area contributed by atoms with Crippen LogP contribution in [0.15, 0.2) is 96.2 Å². The van der Waals surface area contributed by atoms with Crippen molar-refractivity contribution in [1.82, 2.24) is 10.4 Å². The minimum absolute atomic E-state index is 0.149. The first-order chi connectivity index (χ1) is 13.3. The molecule has 0 unspecified atom stereocenters. The summed E-state index contributed by atoms with van der Waals surface area (Å²) in [7, 11) is 0. The predicted octanol–water partition coefficient (Wildman–Crippen LogP) is 4.28. The van der Waals surface area contributed by atoms with Gasteiger partial charge in [0, 0.05) is 28.2 Å². The van der Waals surface area contributed by atoms with Gasteiger partial charge in [0.1, 0.15) is 0 Å². The molecule has 3 aromatic carbocycles. The highest BCUT2D eigenvalue weighted by Crippen LogP contribution is 2.18. The van der Waals surface area contributed by atoms with Crippen LogP contribution in [0.1, 0.15) is 16.7 Å². The molecule has 4 nitrogen and oxygen atoms in total. The zero-order chi connectivity index (χ0) is 18.5. The van der Waals surface area contributed by atoms with E-state index in [-0.39, 0.29) is 12.3 Å². The molecule has 4 rings (SSSR count). The number of benzene rings is 3. The molecular weight excluding hydrogens is 334 g/mol. The van der Waals surface area contributed by atoms with Gasteiger partial charge in [-0.1, -0.05) is 78.9 Å². The summed E-state index contributed by atoms with van der Waals surface area (Å²) in [5, 5.41) is 5.49. The van der Waals surface area contributed by atoms with Gasteiger partial charge in [-0.25, -0.2) is 5.43 Å². The van der Waals surface area contributed by atoms with Crippen molar-refractivity contribution >= 4 is 22.5 Å². The molecular formula is C23H19N3O. The van der Waals surface area contributed by atoms with Crippen molar-refractivity contribution < 1.29 is 4.79 Å². The Labute approximate surface area is 157 Å². The molecule has 0 bridgehead atoms. The fourth-order valence-corrected chi connectivity index (χ4v) is 3.10. The van der Waals surface area contributed by atoms with Crippen LogP contribution < -0.4 is 5.43 Å². The number of nitrogens with zero attached hydrogens (tertiary/aromatic N) is 1. The second-order valence-electron chi connectivity index (χ2n) is 6.26. The van der Waals surface area contributed by atoms with E-state index in [0.29, 0.717) is 0 Å². The quantitative estimate of drug-likeness (QED) is 0.408. The largest absolute Gasteiger partial charge is 0.361 e. The van der Waals surface area contributed by atoms with E-state index >= 15 is 0 Å². The van der Waals surface area contributed by atoms with Crippen LogP contribution in [0.25, 0.3) is 10.9 Å². The van der Waals surface area contributed by atoms with Crippen LogP contribution in [0.4, 0.5) is 0 Å². The summed E-state index contributed by atoms with van der Waals surface area (Å²) in [6, 6.07) is 27.6. The third-order valence-corrected chi connectivity index (χ3v) is 4.41. The Kier molecular flexibility index (Phi) is 4.79. The lowest BCUT2D eigenvalue weighted by molar-refractivity contribution is -0.120. The molecule has 0 aliphatic carbocycles. The fraction of sp³-hybridized carbons (Fsp3) is 0.0435. The molecule has 27 heavy (non-hydrogen) atoms. The van der Waals surface area contributed by atoms with Crippen molar-refractivity contribution in [3.05, 3.63) is 108 Å². The van der Waals surface area contributed by atoms with Crippen LogP contribution >= 0.6 is 0 Å². The molecule has 1 aromatic heterocycles. The molecule has 4 heteroatoms. The summed E-state index contributed by atoms with van der Waals surface area (Å²) >= 11 is 0. The second kappa shape index (κ2) is 7.70. The van der Waals surface area contributed by atoms with E-state index in [4.69, 9.17) is 0 Å². The minimum Gasteiger partial charge on any atom is -0.361 e. The standard InChI is InChI=1S/C23H19N3O/c27-22(15-19-16-24-21-14-8-7-13-20(19)21)25-26-23(17-9-3-1-4-10-17)18-11-5-2-6-12-18/h1-14,16,24H,15H2,(H,25,27). The van der Waals surface area contributed by atoms with Crippen LogP contribution in [0.2, 0.25) is 0 Å². The van der Waals surface area contributed by atoms with Gasteiger partial charge in [-0.2, -0.15) is 5.10 Å². The van der Waals surface area contributed by atoms with Gasteiger partial charge in [0.25, 0.3) is 0 Å². The highest BCUT2D eigenvalue weighted by molar-refractivity contribution is 6.13. The third-order valence-electron chi connectivity index (χ3n) is 4.41. The Morgan fingerprint density at radius 1 is 0.815 bits per heavy atom. The van der Waals surface area contributed by atoms with E-state index in [2.05, 4.69) is 15.5 Å². The van der Waals surface area contributed by atoms with Crippen LogP contribution in [-0.4, -0.2) is 16.6 Å². The van der Waals surface area contributed by atoms with Crippen molar-refractivity contribution in [3.8, 4) is 0 Å². The molecule has 1 heterocycles. The molecule has 0 aliphatic heterocycles. The van der Waals surface area contributed by atoms with Crippen molar-refractivity contribution in [1.29, 1.82) is 0 Å². The molecule has 1 amide bonds. The normalized spacial score (nSPS) is 10.5. The highest BCUT2D eigenvalue weighted by atomic mass is 16.2. The number of rotatable bonds is 5. The molecule has 4 aromatic rings. The summed E-state index contributed by atoms with van der Waals surface area (Å²) in [5.41, 5.74) is 7.35. The first kappa shape index (κ1) is 16.8. The van der Waals surface area contributed by atoms with Crippen LogP contribution in [-0.2, 0) is 11.2 Å². The van der Waals surface area contributed by atoms with Gasteiger partial charge in [-0.3, -0.25) is 4.79 Å². The van der Waals surface area contributed by atoms with E-state index in [9.17, 15) is 4.79 Å². The monoisotopic (exact) mass is 353 g/mol. The lowest BCUT2D eigenvalue weighted by atomic mass is 10.0. The maximum Gasteiger partial charge on any atom is 0.244 e. The molecule has 2 N–H and O–H groups in total. The number of aromatic nitrogens is 1. The smallest absolute Gasteiger partial charge is 0.244 e. The molecule has 0 fully saturated rings. The number of carbonyl (C=O) groups excluding carboxylic acids is 1. The van der Waals surface area contributed by atoms with E-state index in [0.717, 1.165) is 33.3 Å². The first-order valence-corrected chi connectivity index (χ1v) is 8.83. The Balaban J connectivity index is 1.57. The maximum absolute atomic E-state index is 12.5. The summed E-state index contributed by atoms with van der Waals surface area (Å²) in [6.45, 7) is 0. The van der Waals surface area contributed by atoms with Crippen LogP contribution in [0, 0.1) is 0 Å². The van der Waals surface area contributed by atoms with Crippen LogP contribution in [0.5, 0.6) is 0 Å². The van der Waals surface area contributed by atoms with Gasteiger partial charge < -0.3 is 4.98 Å². The van der Waals surface area contributed by atoms with Gasteiger partial charge in [0.2, 0.25) is 5.91 Å². The van der Waals surface area contributed by atoms with Crippen molar-refractivity contribution in [2.45, 2.75) is 6.42 Å². The number of para-hydroxylation sites is 1. The lowest BCUT2D eigenvalue weighted by Crippen LogP contribution is -2.22. The molecule has 0 saturated carbocycles. The topological polar surface area (TPSA) is 57.2 Å². The molecule has 0 saturated heterocycles. The second-order valence-corrected chi connectivity index (χ2v) is 6.26. The minimum atomic E-state index is -0.149. The van der Waals surface area contributed by atoms with Gasteiger partial charge in [0.15, 0.2) is 0 Å². The third kappa shape index (κ3) is 3.80. The Bertz CT molecular complexity index is 1040. The Morgan fingerprint density at radius 3 is 2.07 bits per heavy atom. The average molecular weight is 353 g/mol. The van der Waals surface area contributed by atoms with Crippen molar-refractivity contribution in [2.75, 3.05) is 0 Å². The van der Waals surface area contributed by atoms with Crippen molar-refractivity contribution in [3.63, 3.8) is 0 Å². The number of hydrogen-bond acceptors (Lipinski definition) is 2. The highest BCUT2D eigenvalue weighted by Gasteiger charge is 2.10. The number of hydrazone groups is 1. The molecule has 0 spiro atoms. The summed E-state index contributed by atoms with van der Waals surface area (Å²) < 4.78 is 0. The number of fused-ring (bicyclic) bond motifs is 1. The number of amides is 1. The zero-order valence-corrected chi connectivity index (χ0v) is 14.7. The first-order valence-electron chi connectivity index (χ1n) is 8.83. The van der Waals surface area contributed by atoms with Gasteiger partial charge in [-0.15, -0.1) is 0 Å². The van der Waals surface area contributed by atoms with Gasteiger partial charge in [-0.05, 0) is 11.6 Å². The summed E-state index contributed by atoms with van der Waals surface area (Å²) in [4.78, 5) is 15.7. The number of nitrogens with one attached hydrogen (secondary N) is 2. The van der Waals surface area contributed by atoms with Crippen LogP contribution in [0.3, 0.4) is 0 Å². The Morgan fingerprint density at radius 2 is 1.41 bits per heavy atom. The van der Waals surface area contributed by atoms with E-state index in [1.165, 1.54) is 0 Å². The number of aromatic amines is 1. The maximum atomic E-state index is 12.5. The van der Waals surface area contributed by atoms with Gasteiger partial charge >= 0.3 is 0 Å². The molecule has 132 valence electrons. The Hall–Kier alpha value is -3.66. The zero-order valence-electron chi connectivity index (χ0n) is 14.7. The lowest BCUT2D eigenvalue weighted by Gasteiger charge is -2.08. The molecule has 0 aliphatic rings. The summed E-state index contributed by atoms with van der Waals surface area (Å²) in [5.74, 6) is -0.149. The van der Waals surface area contributed by atoms with E-state index in [1.807, 2.05) is 91.1 Å². The van der Waals surface area contributed by atoms with E-state index < -0.39 is 0 Å². The SMILES string of the molecule is O=C(Cc1c[nH]c2ccccc12)NN=C(c1ccccc1)c1ccccc1. The number of H-pyrrole nitrogens is 1. The van der Waals surface area contributed by atoms with E-state index in [1.54, 1.807) is 0 Å². The van der Waals surface area contributed by atoms with Gasteiger partial charge in [0.05, 0.1) is 12.1 Å². The fourth-order valence-electron chi connectivity index (χ4n) is 3.10. The molecule has 0 radical (unpaired) electrons. The predicted molar refractivity (Wildman–Crippen MR) is 109 cm³/mol. The van der Waals surface area contributed by atoms with Crippen molar-refractivity contribution in [2.24, 2.45) is 5.10 Å². The number of hydrogen-bond donors (Lipinski definition) is 2. The number of carbonyl (C=O) groups is 1. The average Bonchev–Trinajstić information content (AvgIpc) is 3.13. The summed E-state index contributed by atoms with van der Waals surface area (Å²) in [6.07, 6.45) is 2.15.